The fourth-order valence-electron chi connectivity index (χ4n) is 4.23. The van der Waals surface area contributed by atoms with Crippen LogP contribution in [0.15, 0.2) is 36.5 Å². The summed E-state index contributed by atoms with van der Waals surface area (Å²) >= 11 is 0. The van der Waals surface area contributed by atoms with E-state index in [4.69, 9.17) is 4.74 Å². The van der Waals surface area contributed by atoms with Gasteiger partial charge in [0.05, 0.1) is 17.4 Å². The van der Waals surface area contributed by atoms with Crippen molar-refractivity contribution in [2.45, 2.75) is 84.9 Å². The predicted molar refractivity (Wildman–Crippen MR) is 142 cm³/mol. The molecule has 202 valence electrons. The number of rotatable bonds is 6. The molecule has 0 radical (unpaired) electrons. The van der Waals surface area contributed by atoms with Crippen LogP contribution in [0, 0.1) is 12.7 Å². The lowest BCUT2D eigenvalue weighted by molar-refractivity contribution is -0.106. The smallest absolute Gasteiger partial charge is 0.407 e. The molecular weight excluding hydrogens is 475 g/mol. The third-order valence-corrected chi connectivity index (χ3v) is 5.96. The largest absolute Gasteiger partial charge is 0.444 e. The van der Waals surface area contributed by atoms with E-state index in [2.05, 4.69) is 10.3 Å². The van der Waals surface area contributed by atoms with Crippen LogP contribution in [0.25, 0.3) is 0 Å². The minimum Gasteiger partial charge on any atom is -0.444 e. The highest BCUT2D eigenvalue weighted by atomic mass is 19.1. The number of hydrogen-bond acceptors (Lipinski definition) is 5. The molecule has 1 saturated carbocycles. The second-order valence-corrected chi connectivity index (χ2v) is 9.91. The Morgan fingerprint density at radius 2 is 1.78 bits per heavy atom. The molecule has 37 heavy (non-hydrogen) atoms. The summed E-state index contributed by atoms with van der Waals surface area (Å²) in [5.74, 6) is -1.01. The van der Waals surface area contributed by atoms with Gasteiger partial charge < -0.3 is 15.0 Å². The quantitative estimate of drug-likeness (QED) is 0.495. The van der Waals surface area contributed by atoms with Crippen LogP contribution in [0.4, 0.5) is 20.7 Å². The Balaban J connectivity index is 0.00000235. The molecule has 0 unspecified atom stereocenters. The average molecular weight is 515 g/mol. The molecular formula is C28H39FN4O4. The van der Waals surface area contributed by atoms with Crippen LogP contribution >= 0.6 is 0 Å². The number of carbonyl (C=O) groups excluding carboxylic acids is 3. The Kier molecular flexibility index (Phi) is 10.6. The number of pyridine rings is 1. The molecule has 1 N–H and O–H groups in total. The van der Waals surface area contributed by atoms with Crippen molar-refractivity contribution >= 4 is 29.9 Å². The lowest BCUT2D eigenvalue weighted by atomic mass is 9.90. The molecule has 3 rings (SSSR count). The van der Waals surface area contributed by atoms with E-state index in [1.165, 1.54) is 4.90 Å². The zero-order chi connectivity index (χ0) is 27.8. The number of nitrogens with zero attached hydrogens (tertiary/aromatic N) is 3. The van der Waals surface area contributed by atoms with Crippen molar-refractivity contribution < 1.29 is 23.5 Å². The molecule has 2 aromatic rings. The molecule has 1 fully saturated rings. The minimum absolute atomic E-state index is 0.00936. The van der Waals surface area contributed by atoms with Crippen LogP contribution in [-0.4, -0.2) is 53.0 Å². The Labute approximate surface area is 219 Å². The summed E-state index contributed by atoms with van der Waals surface area (Å²) in [5.41, 5.74) is 0.899. The van der Waals surface area contributed by atoms with E-state index in [9.17, 15) is 18.8 Å². The van der Waals surface area contributed by atoms with Gasteiger partial charge in [0.2, 0.25) is 6.41 Å². The molecule has 0 atom stereocenters. The second kappa shape index (κ2) is 13.2. The summed E-state index contributed by atoms with van der Waals surface area (Å²) in [7, 11) is 1.67. The highest BCUT2D eigenvalue weighted by Crippen LogP contribution is 2.30. The van der Waals surface area contributed by atoms with Crippen LogP contribution in [0.2, 0.25) is 0 Å². The second-order valence-electron chi connectivity index (χ2n) is 9.91. The van der Waals surface area contributed by atoms with Crippen molar-refractivity contribution in [3.8, 4) is 0 Å². The van der Waals surface area contributed by atoms with E-state index in [0.29, 0.717) is 37.8 Å². The van der Waals surface area contributed by atoms with Gasteiger partial charge in [-0.1, -0.05) is 26.0 Å². The number of halogens is 1. The van der Waals surface area contributed by atoms with Crippen molar-refractivity contribution in [1.82, 2.24) is 15.2 Å². The molecule has 8 nitrogen and oxygen atoms in total. The van der Waals surface area contributed by atoms with Gasteiger partial charge in [0.1, 0.15) is 11.4 Å². The fraction of sp³-hybridized carbons (Fsp3) is 0.500. The fourth-order valence-corrected chi connectivity index (χ4v) is 4.23. The van der Waals surface area contributed by atoms with E-state index in [0.717, 1.165) is 17.8 Å². The third-order valence-electron chi connectivity index (χ3n) is 5.96. The summed E-state index contributed by atoms with van der Waals surface area (Å²) in [6.45, 7) is 11.3. The van der Waals surface area contributed by atoms with E-state index in [-0.39, 0.29) is 23.5 Å². The van der Waals surface area contributed by atoms with E-state index in [1.807, 2.05) is 47.6 Å². The number of hydrogen-bond donors (Lipinski definition) is 1. The van der Waals surface area contributed by atoms with Crippen LogP contribution in [0.1, 0.15) is 76.2 Å². The molecule has 3 amide bonds. The van der Waals surface area contributed by atoms with Gasteiger partial charge >= 0.3 is 6.09 Å². The number of nitrogens with one attached hydrogen (secondary N) is 1. The van der Waals surface area contributed by atoms with Gasteiger partial charge in [0.25, 0.3) is 5.91 Å². The maximum absolute atomic E-state index is 14.1. The SMILES string of the molecule is CC.Cc1cccc(N(C=O)c2ncc(F)cc2C(=O)N(C)C2CCC(NC(=O)OC(C)(C)C)CC2)c1. The number of carbonyl (C=O) groups is 3. The summed E-state index contributed by atoms with van der Waals surface area (Å²) in [6.07, 6.45) is 3.79. The van der Waals surface area contributed by atoms with Crippen molar-refractivity contribution in [3.63, 3.8) is 0 Å². The monoisotopic (exact) mass is 514 g/mol. The normalized spacial score (nSPS) is 17.1. The molecule has 0 aliphatic heterocycles. The molecule has 1 heterocycles. The van der Waals surface area contributed by atoms with Crippen molar-refractivity contribution in [2.75, 3.05) is 11.9 Å². The standard InChI is InChI=1S/C26H33FN4O4.C2H6/c1-17-7-6-8-21(13-17)31(16-32)23-22(14-18(27)15-28-23)24(33)30(5)20-11-9-19(10-12-20)29-25(34)35-26(2,3)4;1-2/h6-8,13-16,19-20H,9-12H2,1-5H3,(H,29,34);1-2H3. The van der Waals surface area contributed by atoms with Gasteiger partial charge in [-0.05, 0) is 77.1 Å². The first-order valence-electron chi connectivity index (χ1n) is 12.7. The molecule has 0 spiro atoms. The van der Waals surface area contributed by atoms with Gasteiger partial charge in [-0.15, -0.1) is 0 Å². The van der Waals surface area contributed by atoms with Gasteiger partial charge in [-0.3, -0.25) is 14.5 Å². The summed E-state index contributed by atoms with van der Waals surface area (Å²) < 4.78 is 19.5. The van der Waals surface area contributed by atoms with Gasteiger partial charge in [-0.2, -0.15) is 0 Å². The van der Waals surface area contributed by atoms with Crippen LogP contribution in [0.5, 0.6) is 0 Å². The van der Waals surface area contributed by atoms with Crippen molar-refractivity contribution in [1.29, 1.82) is 0 Å². The summed E-state index contributed by atoms with van der Waals surface area (Å²) in [5, 5.41) is 2.89. The molecule has 0 bridgehead atoms. The van der Waals surface area contributed by atoms with Crippen molar-refractivity contribution in [2.24, 2.45) is 0 Å². The molecule has 1 aliphatic carbocycles. The first-order valence-corrected chi connectivity index (χ1v) is 12.7. The predicted octanol–water partition coefficient (Wildman–Crippen LogP) is 5.76. The van der Waals surface area contributed by atoms with Crippen LogP contribution in [-0.2, 0) is 9.53 Å². The van der Waals surface area contributed by atoms with Crippen LogP contribution < -0.4 is 10.2 Å². The van der Waals surface area contributed by atoms with Gasteiger partial charge in [-0.25, -0.2) is 14.2 Å². The minimum atomic E-state index is -0.661. The third kappa shape index (κ3) is 8.27. The maximum atomic E-state index is 14.1. The number of anilines is 2. The highest BCUT2D eigenvalue weighted by Gasteiger charge is 2.31. The number of aromatic nitrogens is 1. The maximum Gasteiger partial charge on any atom is 0.407 e. The molecule has 1 aromatic heterocycles. The van der Waals surface area contributed by atoms with Gasteiger partial charge in [0.15, 0.2) is 5.82 Å². The Bertz CT molecular complexity index is 1080. The number of amides is 3. The zero-order valence-corrected chi connectivity index (χ0v) is 22.9. The average Bonchev–Trinajstić information content (AvgIpc) is 2.85. The Morgan fingerprint density at radius 1 is 1.14 bits per heavy atom. The highest BCUT2D eigenvalue weighted by molar-refractivity contribution is 6.02. The first-order chi connectivity index (χ1) is 17.5. The first kappa shape index (κ1) is 29.7. The zero-order valence-electron chi connectivity index (χ0n) is 22.9. The summed E-state index contributed by atoms with van der Waals surface area (Å²) in [6, 6.07) is 8.17. The van der Waals surface area contributed by atoms with E-state index >= 15 is 0 Å². The molecule has 0 saturated heterocycles. The number of benzene rings is 1. The molecule has 9 heteroatoms. The number of alkyl carbamates (subject to hydrolysis) is 1. The lowest BCUT2D eigenvalue weighted by Crippen LogP contribution is -2.45. The van der Waals surface area contributed by atoms with E-state index < -0.39 is 23.4 Å². The molecule has 1 aliphatic rings. The summed E-state index contributed by atoms with van der Waals surface area (Å²) in [4.78, 5) is 44.4. The van der Waals surface area contributed by atoms with Crippen LogP contribution in [0.3, 0.4) is 0 Å². The van der Waals surface area contributed by atoms with E-state index in [1.54, 1.807) is 30.1 Å². The Hall–Kier alpha value is -3.49. The number of aryl methyl sites for hydroxylation is 1. The Morgan fingerprint density at radius 3 is 2.35 bits per heavy atom. The molecule has 1 aromatic carbocycles. The lowest BCUT2D eigenvalue weighted by Gasteiger charge is -2.35. The van der Waals surface area contributed by atoms with Gasteiger partial charge in [0, 0.05) is 19.1 Å². The topological polar surface area (TPSA) is 91.8 Å². The van der Waals surface area contributed by atoms with Crippen molar-refractivity contribution in [3.05, 3.63) is 53.5 Å². The number of ether oxygens (including phenoxy) is 1.